The number of hydrogen-bond donors (Lipinski definition) is 2. The van der Waals surface area contributed by atoms with E-state index in [4.69, 9.17) is 0 Å². The van der Waals surface area contributed by atoms with E-state index in [-0.39, 0.29) is 17.2 Å². The van der Waals surface area contributed by atoms with Crippen LogP contribution in [0.3, 0.4) is 0 Å². The van der Waals surface area contributed by atoms with Gasteiger partial charge in [-0.2, -0.15) is 0 Å². The minimum atomic E-state index is -0.490. The van der Waals surface area contributed by atoms with Gasteiger partial charge in [0, 0.05) is 12.5 Å². The molecular weight excluding hydrogens is 190 g/mol. The number of carbonyl (C=O) groups is 1. The van der Waals surface area contributed by atoms with Crippen molar-refractivity contribution >= 4 is 5.91 Å². The van der Waals surface area contributed by atoms with E-state index in [2.05, 4.69) is 5.32 Å². The van der Waals surface area contributed by atoms with Crippen molar-refractivity contribution in [2.24, 2.45) is 11.3 Å². The van der Waals surface area contributed by atoms with Crippen molar-refractivity contribution in [2.45, 2.75) is 53.6 Å². The summed E-state index contributed by atoms with van der Waals surface area (Å²) in [5, 5.41) is 12.5. The van der Waals surface area contributed by atoms with Crippen LogP contribution >= 0.6 is 0 Å². The molecule has 3 nitrogen and oxygen atoms in total. The average molecular weight is 215 g/mol. The minimum absolute atomic E-state index is 0.0586. The van der Waals surface area contributed by atoms with Crippen molar-refractivity contribution in [3.8, 4) is 0 Å². The highest BCUT2D eigenvalue weighted by Crippen LogP contribution is 2.18. The van der Waals surface area contributed by atoms with E-state index in [1.807, 2.05) is 34.6 Å². The van der Waals surface area contributed by atoms with E-state index >= 15 is 0 Å². The second kappa shape index (κ2) is 6.11. The summed E-state index contributed by atoms with van der Waals surface area (Å²) in [6, 6.07) is 0. The third-order valence-electron chi connectivity index (χ3n) is 2.83. The fraction of sp³-hybridized carbons (Fsp3) is 0.917. The normalized spacial score (nSPS) is 14.1. The smallest absolute Gasteiger partial charge is 0.223 e. The topological polar surface area (TPSA) is 49.3 Å². The van der Waals surface area contributed by atoms with Crippen molar-refractivity contribution in [3.05, 3.63) is 0 Å². The Labute approximate surface area is 93.3 Å². The highest BCUT2D eigenvalue weighted by atomic mass is 16.3. The lowest BCUT2D eigenvalue weighted by Gasteiger charge is -2.26. The molecular formula is C12H25NO2. The summed E-state index contributed by atoms with van der Waals surface area (Å²) in [4.78, 5) is 11.6. The van der Waals surface area contributed by atoms with Crippen LogP contribution in [0.4, 0.5) is 0 Å². The zero-order valence-electron chi connectivity index (χ0n) is 10.6. The largest absolute Gasteiger partial charge is 0.391 e. The number of aliphatic hydroxyl groups excluding tert-OH is 1. The molecule has 0 spiro atoms. The zero-order chi connectivity index (χ0) is 12.1. The molecule has 3 heteroatoms. The average Bonchev–Trinajstić information content (AvgIpc) is 2.14. The van der Waals surface area contributed by atoms with Crippen LogP contribution in [-0.2, 0) is 4.79 Å². The van der Waals surface area contributed by atoms with Gasteiger partial charge in [0.05, 0.1) is 6.10 Å². The van der Waals surface area contributed by atoms with E-state index in [0.717, 1.165) is 12.8 Å². The van der Waals surface area contributed by atoms with Gasteiger partial charge in [0.25, 0.3) is 0 Å². The fourth-order valence-corrected chi connectivity index (χ4v) is 1.31. The highest BCUT2D eigenvalue weighted by molar-refractivity contribution is 5.78. The Morgan fingerprint density at radius 3 is 2.07 bits per heavy atom. The summed E-state index contributed by atoms with van der Waals surface area (Å²) >= 11 is 0. The predicted molar refractivity (Wildman–Crippen MR) is 62.5 cm³/mol. The van der Waals surface area contributed by atoms with Crippen molar-refractivity contribution < 1.29 is 9.90 Å². The van der Waals surface area contributed by atoms with E-state index < -0.39 is 6.10 Å². The quantitative estimate of drug-likeness (QED) is 0.736. The molecule has 0 aromatic carbocycles. The van der Waals surface area contributed by atoms with Gasteiger partial charge < -0.3 is 10.4 Å². The molecule has 0 rings (SSSR count). The lowest BCUT2D eigenvalue weighted by molar-refractivity contribution is -0.126. The summed E-state index contributed by atoms with van der Waals surface area (Å²) in [7, 11) is 0. The number of amides is 1. The number of carbonyl (C=O) groups excluding carboxylic acids is 1. The number of rotatable bonds is 5. The van der Waals surface area contributed by atoms with Gasteiger partial charge in [-0.15, -0.1) is 0 Å². The van der Waals surface area contributed by atoms with Gasteiger partial charge in [-0.05, 0) is 18.3 Å². The first kappa shape index (κ1) is 14.4. The Morgan fingerprint density at radius 2 is 1.73 bits per heavy atom. The molecule has 0 saturated carbocycles. The lowest BCUT2D eigenvalue weighted by Crippen LogP contribution is -2.41. The molecule has 0 aromatic rings. The van der Waals surface area contributed by atoms with E-state index in [0.29, 0.717) is 6.54 Å². The van der Waals surface area contributed by atoms with Crippen molar-refractivity contribution in [1.82, 2.24) is 5.32 Å². The summed E-state index contributed by atoms with van der Waals surface area (Å²) in [6.07, 6.45) is 1.22. The van der Waals surface area contributed by atoms with E-state index in [1.54, 1.807) is 0 Å². The van der Waals surface area contributed by atoms with Crippen molar-refractivity contribution in [2.75, 3.05) is 6.54 Å². The molecule has 0 aromatic heterocycles. The van der Waals surface area contributed by atoms with Crippen LogP contribution in [0.5, 0.6) is 0 Å². The summed E-state index contributed by atoms with van der Waals surface area (Å²) in [6.45, 7) is 10.2. The SMILES string of the molecule is CCC(CC)C(=O)NCC(O)C(C)(C)C. The van der Waals surface area contributed by atoms with Gasteiger partial charge in [-0.3, -0.25) is 4.79 Å². The summed E-state index contributed by atoms with van der Waals surface area (Å²) in [5.41, 5.74) is -0.179. The van der Waals surface area contributed by atoms with Crippen LogP contribution in [0.1, 0.15) is 47.5 Å². The Morgan fingerprint density at radius 1 is 1.27 bits per heavy atom. The molecule has 90 valence electrons. The molecule has 0 aliphatic carbocycles. The van der Waals surface area contributed by atoms with E-state index in [9.17, 15) is 9.90 Å². The van der Waals surface area contributed by atoms with Gasteiger partial charge in [0.15, 0.2) is 0 Å². The standard InChI is InChI=1S/C12H25NO2/c1-6-9(7-2)11(15)13-8-10(14)12(3,4)5/h9-10,14H,6-8H2,1-5H3,(H,13,15). The zero-order valence-corrected chi connectivity index (χ0v) is 10.6. The summed E-state index contributed by atoms with van der Waals surface area (Å²) < 4.78 is 0. The molecule has 0 fully saturated rings. The minimum Gasteiger partial charge on any atom is -0.391 e. The highest BCUT2D eigenvalue weighted by Gasteiger charge is 2.23. The maximum atomic E-state index is 11.6. The van der Waals surface area contributed by atoms with Gasteiger partial charge in [0.1, 0.15) is 0 Å². The van der Waals surface area contributed by atoms with Gasteiger partial charge in [-0.25, -0.2) is 0 Å². The number of hydrogen-bond acceptors (Lipinski definition) is 2. The number of nitrogens with one attached hydrogen (secondary N) is 1. The Bertz CT molecular complexity index is 192. The molecule has 1 amide bonds. The van der Waals surface area contributed by atoms with Crippen LogP contribution in [0.15, 0.2) is 0 Å². The third kappa shape index (κ3) is 5.17. The van der Waals surface area contributed by atoms with Gasteiger partial charge in [0.2, 0.25) is 5.91 Å². The van der Waals surface area contributed by atoms with Crippen LogP contribution in [0, 0.1) is 11.3 Å². The number of aliphatic hydroxyl groups is 1. The lowest BCUT2D eigenvalue weighted by atomic mass is 9.89. The monoisotopic (exact) mass is 215 g/mol. The van der Waals surface area contributed by atoms with Gasteiger partial charge in [-0.1, -0.05) is 34.6 Å². The molecule has 2 N–H and O–H groups in total. The molecule has 0 bridgehead atoms. The Hall–Kier alpha value is -0.570. The van der Waals surface area contributed by atoms with Crippen LogP contribution in [-0.4, -0.2) is 23.7 Å². The Balaban J connectivity index is 4.00. The maximum absolute atomic E-state index is 11.6. The second-order valence-electron chi connectivity index (χ2n) is 5.14. The predicted octanol–water partition coefficient (Wildman–Crippen LogP) is 1.95. The van der Waals surface area contributed by atoms with E-state index in [1.165, 1.54) is 0 Å². The molecule has 0 heterocycles. The molecule has 1 atom stereocenters. The summed E-state index contributed by atoms with van der Waals surface area (Å²) in [5.74, 6) is 0.139. The Kier molecular flexibility index (Phi) is 5.88. The molecule has 1 unspecified atom stereocenters. The van der Waals surface area contributed by atoms with Crippen LogP contribution < -0.4 is 5.32 Å². The fourth-order valence-electron chi connectivity index (χ4n) is 1.31. The molecule has 0 aliphatic heterocycles. The van der Waals surface area contributed by atoms with Gasteiger partial charge >= 0.3 is 0 Å². The van der Waals surface area contributed by atoms with Crippen molar-refractivity contribution in [1.29, 1.82) is 0 Å². The third-order valence-corrected chi connectivity index (χ3v) is 2.83. The van der Waals surface area contributed by atoms with Crippen LogP contribution in [0.25, 0.3) is 0 Å². The van der Waals surface area contributed by atoms with Crippen molar-refractivity contribution in [3.63, 3.8) is 0 Å². The first-order valence-electron chi connectivity index (χ1n) is 5.78. The molecule has 0 radical (unpaired) electrons. The maximum Gasteiger partial charge on any atom is 0.223 e. The molecule has 0 saturated heterocycles. The second-order valence-corrected chi connectivity index (χ2v) is 5.14. The first-order chi connectivity index (χ1) is 6.82. The van der Waals surface area contributed by atoms with Crippen LogP contribution in [0.2, 0.25) is 0 Å². The molecule has 0 aliphatic rings. The first-order valence-corrected chi connectivity index (χ1v) is 5.78. The molecule has 15 heavy (non-hydrogen) atoms.